The van der Waals surface area contributed by atoms with Crippen molar-refractivity contribution in [1.82, 2.24) is 4.90 Å². The van der Waals surface area contributed by atoms with E-state index >= 15 is 0 Å². The van der Waals surface area contributed by atoms with Crippen molar-refractivity contribution in [2.45, 2.75) is 117 Å². The molecule has 0 aromatic carbocycles. The Morgan fingerprint density at radius 2 is 1.43 bits per heavy atom. The predicted octanol–water partition coefficient (Wildman–Crippen LogP) is 6.44. The molecule has 0 spiro atoms. The first-order valence-electron chi connectivity index (χ1n) is 10.3. The molecular weight excluding hydrogens is 280 g/mol. The van der Waals surface area contributed by atoms with Crippen LogP contribution in [0, 0.1) is 5.92 Å². The lowest BCUT2D eigenvalue weighted by Gasteiger charge is -2.30. The van der Waals surface area contributed by atoms with Crippen molar-refractivity contribution < 1.29 is 0 Å². The summed E-state index contributed by atoms with van der Waals surface area (Å²) in [6.45, 7) is 14.9. The maximum atomic E-state index is 5.13. The highest BCUT2D eigenvalue weighted by Gasteiger charge is 2.38. The van der Waals surface area contributed by atoms with Crippen LogP contribution in [0.3, 0.4) is 0 Å². The van der Waals surface area contributed by atoms with E-state index in [4.69, 9.17) is 4.99 Å². The predicted molar refractivity (Wildman–Crippen MR) is 104 cm³/mol. The van der Waals surface area contributed by atoms with E-state index in [1.165, 1.54) is 70.0 Å². The van der Waals surface area contributed by atoms with E-state index in [1.54, 1.807) is 0 Å². The average Bonchev–Trinajstić information content (AvgIpc) is 2.84. The van der Waals surface area contributed by atoms with Crippen LogP contribution in [0.4, 0.5) is 0 Å². The molecule has 1 rings (SSSR count). The van der Waals surface area contributed by atoms with Crippen LogP contribution in [0.2, 0.25) is 0 Å². The molecule has 23 heavy (non-hydrogen) atoms. The molecule has 0 saturated carbocycles. The minimum Gasteiger partial charge on any atom is -0.355 e. The molecule has 2 nitrogen and oxygen atoms in total. The van der Waals surface area contributed by atoms with Gasteiger partial charge >= 0.3 is 0 Å². The van der Waals surface area contributed by atoms with Crippen LogP contribution in [0.1, 0.15) is 106 Å². The number of hydrogen-bond donors (Lipinski definition) is 0. The first-order valence-corrected chi connectivity index (χ1v) is 10.3. The molecule has 0 bridgehead atoms. The van der Waals surface area contributed by atoms with Crippen molar-refractivity contribution >= 4 is 5.84 Å². The molecular formula is C21H42N2. The molecule has 2 heteroatoms. The molecule has 1 unspecified atom stereocenters. The van der Waals surface area contributed by atoms with E-state index in [2.05, 4.69) is 46.4 Å². The lowest BCUT2D eigenvalue weighted by molar-refractivity contribution is 0.262. The number of rotatable bonds is 12. The fourth-order valence-corrected chi connectivity index (χ4v) is 3.42. The molecule has 0 amide bonds. The average molecular weight is 323 g/mol. The second-order valence-electron chi connectivity index (χ2n) is 8.34. The van der Waals surface area contributed by atoms with E-state index < -0.39 is 0 Å². The minimum absolute atomic E-state index is 0.124. The summed E-state index contributed by atoms with van der Waals surface area (Å²) in [6, 6.07) is 0.577. The highest BCUT2D eigenvalue weighted by atomic mass is 15.3. The van der Waals surface area contributed by atoms with Gasteiger partial charge in [-0.3, -0.25) is 4.99 Å². The normalized spacial score (nSPS) is 21.6. The van der Waals surface area contributed by atoms with Crippen molar-refractivity contribution in [3.8, 4) is 0 Å². The zero-order chi connectivity index (χ0) is 17.3. The van der Waals surface area contributed by atoms with E-state index in [9.17, 15) is 0 Å². The minimum atomic E-state index is 0.124. The molecule has 0 radical (unpaired) electrons. The molecule has 0 N–H and O–H groups in total. The molecule has 0 aromatic rings. The Bertz CT molecular complexity index is 346. The molecule has 1 atom stereocenters. The highest BCUT2D eigenvalue weighted by molar-refractivity contribution is 5.85. The van der Waals surface area contributed by atoms with Gasteiger partial charge in [0.1, 0.15) is 0 Å². The van der Waals surface area contributed by atoms with Gasteiger partial charge < -0.3 is 4.90 Å². The van der Waals surface area contributed by atoms with Crippen LogP contribution in [0.25, 0.3) is 0 Å². The third-order valence-electron chi connectivity index (χ3n) is 5.58. The molecule has 0 fully saturated rings. The summed E-state index contributed by atoms with van der Waals surface area (Å²) < 4.78 is 0. The topological polar surface area (TPSA) is 15.6 Å². The van der Waals surface area contributed by atoms with Crippen LogP contribution in [-0.2, 0) is 0 Å². The van der Waals surface area contributed by atoms with Crippen LogP contribution in [-0.4, -0.2) is 28.9 Å². The second kappa shape index (κ2) is 10.4. The molecule has 136 valence electrons. The van der Waals surface area contributed by atoms with Gasteiger partial charge in [-0.05, 0) is 33.1 Å². The molecule has 0 aliphatic carbocycles. The van der Waals surface area contributed by atoms with Gasteiger partial charge in [0.05, 0.1) is 11.4 Å². The Morgan fingerprint density at radius 1 is 0.913 bits per heavy atom. The quantitative estimate of drug-likeness (QED) is 0.377. The molecule has 0 saturated heterocycles. The summed E-state index contributed by atoms with van der Waals surface area (Å²) in [5, 5.41) is 0. The maximum absolute atomic E-state index is 5.13. The largest absolute Gasteiger partial charge is 0.355 e. The maximum Gasteiger partial charge on any atom is 0.0999 e. The number of unbranched alkanes of at least 4 members (excludes halogenated alkanes) is 8. The van der Waals surface area contributed by atoms with Gasteiger partial charge in [0, 0.05) is 19.0 Å². The van der Waals surface area contributed by atoms with Gasteiger partial charge in [-0.15, -0.1) is 0 Å². The summed E-state index contributed by atoms with van der Waals surface area (Å²) in [5.74, 6) is 1.99. The lowest BCUT2D eigenvalue weighted by atomic mass is 9.89. The molecule has 1 aliphatic heterocycles. The number of amidine groups is 1. The third kappa shape index (κ3) is 6.85. The Labute approximate surface area is 146 Å². The van der Waals surface area contributed by atoms with Crippen molar-refractivity contribution in [3.05, 3.63) is 0 Å². The van der Waals surface area contributed by atoms with Gasteiger partial charge in [-0.25, -0.2) is 0 Å². The summed E-state index contributed by atoms with van der Waals surface area (Å²) in [6.07, 6.45) is 13.8. The van der Waals surface area contributed by atoms with Crippen LogP contribution in [0.15, 0.2) is 4.99 Å². The third-order valence-corrected chi connectivity index (χ3v) is 5.58. The number of hydrogen-bond acceptors (Lipinski definition) is 2. The Kier molecular flexibility index (Phi) is 9.24. The zero-order valence-corrected chi connectivity index (χ0v) is 16.8. The monoisotopic (exact) mass is 322 g/mol. The molecule has 1 heterocycles. The lowest BCUT2D eigenvalue weighted by Crippen LogP contribution is -2.40. The van der Waals surface area contributed by atoms with Gasteiger partial charge in [0.15, 0.2) is 0 Å². The first-order chi connectivity index (χ1) is 10.9. The Hall–Kier alpha value is -0.530. The fraction of sp³-hybridized carbons (Fsp3) is 0.952. The smallest absolute Gasteiger partial charge is 0.0999 e. The second-order valence-corrected chi connectivity index (χ2v) is 8.34. The van der Waals surface area contributed by atoms with E-state index in [0.717, 1.165) is 6.54 Å². The summed E-state index contributed by atoms with van der Waals surface area (Å²) in [7, 11) is 0. The van der Waals surface area contributed by atoms with Crippen molar-refractivity contribution in [3.63, 3.8) is 0 Å². The fourth-order valence-electron chi connectivity index (χ4n) is 3.42. The Balaban J connectivity index is 2.26. The van der Waals surface area contributed by atoms with Gasteiger partial charge in [-0.1, -0.05) is 72.1 Å². The number of aliphatic imine (C=N–C) groups is 1. The van der Waals surface area contributed by atoms with E-state index in [0.29, 0.717) is 12.0 Å². The summed E-state index contributed by atoms with van der Waals surface area (Å²) >= 11 is 0. The van der Waals surface area contributed by atoms with Gasteiger partial charge in [-0.2, -0.15) is 0 Å². The van der Waals surface area contributed by atoms with Crippen LogP contribution < -0.4 is 0 Å². The summed E-state index contributed by atoms with van der Waals surface area (Å²) in [5.41, 5.74) is 0.124. The van der Waals surface area contributed by atoms with Crippen molar-refractivity contribution in [1.29, 1.82) is 0 Å². The Morgan fingerprint density at radius 3 is 1.91 bits per heavy atom. The standard InChI is InChI=1S/C21H42N2/c1-7-8-9-10-11-12-13-14-15-16-20-22-21(6,18(2)3)17-23(20)19(4)5/h18-19H,7-17H2,1-6H3. The highest BCUT2D eigenvalue weighted by Crippen LogP contribution is 2.31. The van der Waals surface area contributed by atoms with Gasteiger partial charge in [0.25, 0.3) is 0 Å². The molecule has 0 aromatic heterocycles. The van der Waals surface area contributed by atoms with E-state index in [-0.39, 0.29) is 5.54 Å². The SMILES string of the molecule is CCCCCCCCCCCC1=NC(C)(C(C)C)CN1C(C)C. The number of nitrogens with zero attached hydrogens (tertiary/aromatic N) is 2. The summed E-state index contributed by atoms with van der Waals surface area (Å²) in [4.78, 5) is 7.68. The zero-order valence-electron chi connectivity index (χ0n) is 16.8. The van der Waals surface area contributed by atoms with Gasteiger partial charge in [0.2, 0.25) is 0 Å². The van der Waals surface area contributed by atoms with E-state index in [1.807, 2.05) is 0 Å². The van der Waals surface area contributed by atoms with Crippen molar-refractivity contribution in [2.24, 2.45) is 10.9 Å². The van der Waals surface area contributed by atoms with Crippen molar-refractivity contribution in [2.75, 3.05) is 6.54 Å². The van der Waals surface area contributed by atoms with Crippen LogP contribution in [0.5, 0.6) is 0 Å². The first kappa shape index (κ1) is 20.5. The van der Waals surface area contributed by atoms with Crippen LogP contribution >= 0.6 is 0 Å². The molecule has 1 aliphatic rings.